The van der Waals surface area contributed by atoms with Crippen LogP contribution < -0.4 is 5.32 Å². The van der Waals surface area contributed by atoms with Gasteiger partial charge in [0.05, 0.1) is 16.8 Å². The maximum atomic E-state index is 11.4. The monoisotopic (exact) mass is 359 g/mol. The molecule has 1 aromatic carbocycles. The van der Waals surface area contributed by atoms with E-state index in [2.05, 4.69) is 5.32 Å². The van der Waals surface area contributed by atoms with Crippen molar-refractivity contribution in [3.05, 3.63) is 40.4 Å². The molecule has 2 N–H and O–H groups in total. The van der Waals surface area contributed by atoms with Gasteiger partial charge in [-0.1, -0.05) is 18.2 Å². The highest BCUT2D eigenvalue weighted by Crippen LogP contribution is 2.38. The number of amides is 1. The molecule has 7 heteroatoms. The van der Waals surface area contributed by atoms with Crippen LogP contribution in [0.5, 0.6) is 0 Å². The summed E-state index contributed by atoms with van der Waals surface area (Å²) in [5.74, 6) is -1.14. The van der Waals surface area contributed by atoms with Crippen LogP contribution in [0, 0.1) is 6.92 Å². The summed E-state index contributed by atoms with van der Waals surface area (Å²) in [7, 11) is -0.624. The molecule has 2 rings (SSSR count). The number of rotatable bonds is 5. The molecule has 0 bridgehead atoms. The first-order valence-corrected chi connectivity index (χ1v) is 8.57. The van der Waals surface area contributed by atoms with Crippen LogP contribution in [0.2, 0.25) is 0 Å². The van der Waals surface area contributed by atoms with E-state index >= 15 is 0 Å². The third-order valence-electron chi connectivity index (χ3n) is 4.94. The van der Waals surface area contributed by atoms with Gasteiger partial charge in [-0.2, -0.15) is 0 Å². The molecule has 1 fully saturated rings. The Hall–Kier alpha value is -2.12. The van der Waals surface area contributed by atoms with E-state index in [9.17, 15) is 14.7 Å². The number of hydrogen-bond acceptors (Lipinski definition) is 4. The molecule has 1 saturated heterocycles. The number of aromatic carboxylic acids is 1. The lowest BCUT2D eigenvalue weighted by Gasteiger charge is -2.32. The van der Waals surface area contributed by atoms with Gasteiger partial charge in [0.1, 0.15) is 0 Å². The standard InChI is InChI=1S/C19H26BNO5/c1-12-7-8-14(10-16(12)17(23)24)9-15(11-21-13(2)22)20-25-18(3,4)19(5,6)26-20/h7-10H,11H2,1-6H3,(H,21,22)(H,23,24). The summed E-state index contributed by atoms with van der Waals surface area (Å²) in [4.78, 5) is 22.7. The first-order valence-electron chi connectivity index (χ1n) is 8.57. The summed E-state index contributed by atoms with van der Waals surface area (Å²) in [5.41, 5.74) is 1.35. The van der Waals surface area contributed by atoms with Crippen molar-refractivity contribution in [1.82, 2.24) is 5.32 Å². The second-order valence-corrected chi connectivity index (χ2v) is 7.60. The summed E-state index contributed by atoms with van der Waals surface area (Å²) in [6, 6.07) is 5.20. The molecule has 1 amide bonds. The Bertz CT molecular complexity index is 738. The molecule has 0 atom stereocenters. The third-order valence-corrected chi connectivity index (χ3v) is 4.94. The molecule has 1 aliphatic rings. The minimum atomic E-state index is -0.975. The van der Waals surface area contributed by atoms with Crippen LogP contribution in [0.25, 0.3) is 6.08 Å². The number of aryl methyl sites for hydroxylation is 1. The Kier molecular flexibility index (Phi) is 5.63. The van der Waals surface area contributed by atoms with Crippen molar-refractivity contribution in [2.45, 2.75) is 52.7 Å². The molecule has 26 heavy (non-hydrogen) atoms. The summed E-state index contributed by atoms with van der Waals surface area (Å²) < 4.78 is 12.1. The fourth-order valence-corrected chi connectivity index (χ4v) is 2.60. The molecule has 0 aliphatic carbocycles. The molecule has 0 aromatic heterocycles. The fraction of sp³-hybridized carbons (Fsp3) is 0.474. The molecule has 0 unspecified atom stereocenters. The van der Waals surface area contributed by atoms with Gasteiger partial charge in [0.15, 0.2) is 0 Å². The molecule has 1 aromatic rings. The number of hydrogen-bond donors (Lipinski definition) is 2. The quantitative estimate of drug-likeness (QED) is 0.790. The molecule has 1 aliphatic heterocycles. The first kappa shape index (κ1) is 20.2. The van der Waals surface area contributed by atoms with E-state index in [-0.39, 0.29) is 18.0 Å². The molecular formula is C19H26BNO5. The Morgan fingerprint density at radius 1 is 1.19 bits per heavy atom. The molecule has 6 nitrogen and oxygen atoms in total. The van der Waals surface area contributed by atoms with E-state index in [1.54, 1.807) is 19.1 Å². The van der Waals surface area contributed by atoms with Gasteiger partial charge in [-0.3, -0.25) is 4.79 Å². The van der Waals surface area contributed by atoms with E-state index in [0.717, 1.165) is 5.47 Å². The summed E-state index contributed by atoms with van der Waals surface area (Å²) in [5, 5.41) is 12.1. The van der Waals surface area contributed by atoms with Gasteiger partial charge in [0.25, 0.3) is 0 Å². The van der Waals surface area contributed by atoms with Gasteiger partial charge in [0.2, 0.25) is 5.91 Å². The van der Waals surface area contributed by atoms with Crippen LogP contribution in [-0.2, 0) is 14.1 Å². The summed E-state index contributed by atoms with van der Waals surface area (Å²) in [6.07, 6.45) is 1.81. The van der Waals surface area contributed by atoms with E-state index < -0.39 is 24.3 Å². The van der Waals surface area contributed by atoms with Gasteiger partial charge < -0.3 is 19.7 Å². The number of nitrogens with one attached hydrogen (secondary N) is 1. The number of carboxylic acids is 1. The minimum absolute atomic E-state index is 0.164. The van der Waals surface area contributed by atoms with Crippen LogP contribution in [0.15, 0.2) is 23.7 Å². The van der Waals surface area contributed by atoms with E-state index in [4.69, 9.17) is 9.31 Å². The van der Waals surface area contributed by atoms with E-state index in [0.29, 0.717) is 11.1 Å². The lowest BCUT2D eigenvalue weighted by molar-refractivity contribution is -0.118. The third kappa shape index (κ3) is 4.34. The lowest BCUT2D eigenvalue weighted by Crippen LogP contribution is -2.41. The summed E-state index contributed by atoms with van der Waals surface area (Å²) >= 11 is 0. The van der Waals surface area contributed by atoms with Gasteiger partial charge >= 0.3 is 13.1 Å². The van der Waals surface area contributed by atoms with E-state index in [1.165, 1.54) is 6.92 Å². The van der Waals surface area contributed by atoms with Crippen molar-refractivity contribution < 1.29 is 24.0 Å². The Morgan fingerprint density at radius 2 is 1.77 bits per heavy atom. The van der Waals surface area contributed by atoms with Gasteiger partial charge in [-0.25, -0.2) is 4.79 Å². The molecule has 0 spiro atoms. The van der Waals surface area contributed by atoms with Crippen molar-refractivity contribution >= 4 is 25.1 Å². The second-order valence-electron chi connectivity index (χ2n) is 7.60. The number of carboxylic acid groups (broad SMARTS) is 1. The topological polar surface area (TPSA) is 84.9 Å². The normalized spacial score (nSPS) is 18.7. The second kappa shape index (κ2) is 7.25. The van der Waals surface area contributed by atoms with Crippen molar-refractivity contribution in [1.29, 1.82) is 0 Å². The van der Waals surface area contributed by atoms with Gasteiger partial charge in [0, 0.05) is 13.5 Å². The lowest BCUT2D eigenvalue weighted by atomic mass is 9.76. The number of benzene rings is 1. The molecule has 140 valence electrons. The minimum Gasteiger partial charge on any atom is -0.478 e. The molecular weight excluding hydrogens is 333 g/mol. The van der Waals surface area contributed by atoms with Crippen molar-refractivity contribution in [3.63, 3.8) is 0 Å². The van der Waals surface area contributed by atoms with Crippen LogP contribution in [-0.4, -0.2) is 41.8 Å². The highest BCUT2D eigenvalue weighted by molar-refractivity contribution is 6.56. The average Bonchev–Trinajstić information content (AvgIpc) is 2.72. The fourth-order valence-electron chi connectivity index (χ4n) is 2.60. The largest absolute Gasteiger partial charge is 0.492 e. The Labute approximate surface area is 154 Å². The number of carbonyl (C=O) groups is 2. The zero-order valence-electron chi connectivity index (χ0n) is 16.2. The molecule has 1 heterocycles. The zero-order chi connectivity index (χ0) is 19.7. The molecule has 0 radical (unpaired) electrons. The van der Waals surface area contributed by atoms with Crippen molar-refractivity contribution in [2.24, 2.45) is 0 Å². The maximum absolute atomic E-state index is 11.4. The summed E-state index contributed by atoms with van der Waals surface area (Å²) in [6.45, 7) is 11.3. The van der Waals surface area contributed by atoms with E-state index in [1.807, 2.05) is 39.8 Å². The Morgan fingerprint density at radius 3 is 2.27 bits per heavy atom. The van der Waals surface area contributed by atoms with Crippen LogP contribution in [0.3, 0.4) is 0 Å². The van der Waals surface area contributed by atoms with Crippen LogP contribution in [0.4, 0.5) is 0 Å². The number of carbonyl (C=O) groups excluding carboxylic acids is 1. The zero-order valence-corrected chi connectivity index (χ0v) is 16.2. The van der Waals surface area contributed by atoms with Gasteiger partial charge in [-0.05, 0) is 57.3 Å². The first-order chi connectivity index (χ1) is 11.9. The predicted octanol–water partition coefficient (Wildman–Crippen LogP) is 2.84. The van der Waals surface area contributed by atoms with Crippen LogP contribution in [0.1, 0.15) is 56.1 Å². The molecule has 0 saturated carbocycles. The predicted molar refractivity (Wildman–Crippen MR) is 101 cm³/mol. The smallest absolute Gasteiger partial charge is 0.478 e. The van der Waals surface area contributed by atoms with Crippen molar-refractivity contribution in [3.8, 4) is 0 Å². The highest BCUT2D eigenvalue weighted by Gasteiger charge is 2.52. The maximum Gasteiger partial charge on any atom is 0.492 e. The Balaban J connectivity index is 2.39. The van der Waals surface area contributed by atoms with Gasteiger partial charge in [-0.15, -0.1) is 0 Å². The van der Waals surface area contributed by atoms with Crippen molar-refractivity contribution in [2.75, 3.05) is 6.54 Å². The average molecular weight is 359 g/mol. The highest BCUT2D eigenvalue weighted by atomic mass is 16.7. The SMILES string of the molecule is CC(=O)NCC(=Cc1ccc(C)c(C(=O)O)c1)B1OC(C)(C)C(C)(C)O1. The van der Waals surface area contributed by atoms with Crippen LogP contribution >= 0.6 is 0 Å².